The number of benzene rings is 1. The first-order valence-corrected chi connectivity index (χ1v) is 8.04. The van der Waals surface area contributed by atoms with Crippen LogP contribution in [0.15, 0.2) is 16.7 Å². The number of nitrogens with zero attached hydrogens (tertiary/aromatic N) is 1. The third kappa shape index (κ3) is 3.63. The van der Waals surface area contributed by atoms with E-state index in [0.29, 0.717) is 5.56 Å². The third-order valence-corrected chi connectivity index (χ3v) is 3.83. The lowest BCUT2D eigenvalue weighted by atomic mass is 9.95. The Bertz CT molecular complexity index is 861. The number of phenolic OH excluding ortho intramolecular Hbond substituents is 2. The van der Waals surface area contributed by atoms with Crippen LogP contribution in [0.1, 0.15) is 56.6 Å². The number of phenols is 2. The highest BCUT2D eigenvalue weighted by molar-refractivity contribution is 6.04. The molecule has 0 saturated heterocycles. The number of aromatic hydroxyl groups is 2. The topological polar surface area (TPSA) is 133 Å². The molecule has 0 unspecified atom stereocenters. The number of amides is 1. The summed E-state index contributed by atoms with van der Waals surface area (Å²) < 4.78 is 5.12. The van der Waals surface area contributed by atoms with E-state index in [2.05, 4.69) is 10.5 Å². The molecule has 0 radical (unpaired) electrons. The Hall–Kier alpha value is -3.03. The number of nitrogens with one attached hydrogen (secondary N) is 1. The molecule has 8 heteroatoms. The van der Waals surface area contributed by atoms with Gasteiger partial charge in [-0.15, -0.1) is 0 Å². The second kappa shape index (κ2) is 6.70. The van der Waals surface area contributed by atoms with Crippen molar-refractivity contribution >= 4 is 17.6 Å². The van der Waals surface area contributed by atoms with E-state index in [-0.39, 0.29) is 34.4 Å². The molecule has 4 N–H and O–H groups in total. The van der Waals surface area contributed by atoms with E-state index in [1.54, 1.807) is 20.8 Å². The Balaban J connectivity index is 2.66. The highest BCUT2D eigenvalue weighted by Gasteiger charge is 2.30. The van der Waals surface area contributed by atoms with Crippen molar-refractivity contribution in [1.82, 2.24) is 5.16 Å². The molecule has 1 aromatic carbocycles. The van der Waals surface area contributed by atoms with Crippen molar-refractivity contribution in [3.05, 3.63) is 23.4 Å². The summed E-state index contributed by atoms with van der Waals surface area (Å²) in [5, 5.41) is 35.5. The Morgan fingerprint density at radius 3 is 2.27 bits per heavy atom. The summed E-state index contributed by atoms with van der Waals surface area (Å²) in [5.41, 5.74) is -0.760. The van der Waals surface area contributed by atoms with Gasteiger partial charge in [0.25, 0.3) is 0 Å². The average molecular weight is 362 g/mol. The van der Waals surface area contributed by atoms with Crippen molar-refractivity contribution in [2.24, 2.45) is 5.41 Å². The van der Waals surface area contributed by atoms with Crippen molar-refractivity contribution in [2.75, 3.05) is 5.32 Å². The Morgan fingerprint density at radius 1 is 1.15 bits per heavy atom. The molecular formula is C18H22N2O6. The van der Waals surface area contributed by atoms with E-state index in [1.165, 1.54) is 6.07 Å². The van der Waals surface area contributed by atoms with E-state index in [0.717, 1.165) is 6.07 Å². The summed E-state index contributed by atoms with van der Waals surface area (Å²) >= 11 is 0. The zero-order valence-electron chi connectivity index (χ0n) is 15.2. The molecule has 0 saturated carbocycles. The normalized spacial score (nSPS) is 11.6. The van der Waals surface area contributed by atoms with Crippen LogP contribution in [0.4, 0.5) is 5.69 Å². The van der Waals surface area contributed by atoms with Crippen molar-refractivity contribution in [3.8, 4) is 22.8 Å². The predicted molar refractivity (Wildman–Crippen MR) is 94.4 cm³/mol. The van der Waals surface area contributed by atoms with Crippen LogP contribution in [-0.2, 0) is 4.79 Å². The van der Waals surface area contributed by atoms with Crippen LogP contribution in [0.2, 0.25) is 0 Å². The number of carboxylic acids is 1. The van der Waals surface area contributed by atoms with Crippen LogP contribution in [0.25, 0.3) is 11.3 Å². The van der Waals surface area contributed by atoms with Crippen LogP contribution in [0.3, 0.4) is 0 Å². The molecule has 0 aliphatic rings. The van der Waals surface area contributed by atoms with Gasteiger partial charge in [-0.05, 0) is 17.5 Å². The molecule has 1 aromatic heterocycles. The molecule has 0 spiro atoms. The minimum atomic E-state index is -1.38. The number of aromatic carboxylic acids is 1. The molecule has 2 rings (SSSR count). The first-order chi connectivity index (χ1) is 11.9. The van der Waals surface area contributed by atoms with E-state index in [9.17, 15) is 24.9 Å². The van der Waals surface area contributed by atoms with Gasteiger partial charge >= 0.3 is 5.97 Å². The van der Waals surface area contributed by atoms with Gasteiger partial charge in [0, 0.05) is 11.5 Å². The number of rotatable bonds is 4. The van der Waals surface area contributed by atoms with Crippen molar-refractivity contribution < 1.29 is 29.4 Å². The molecule has 0 fully saturated rings. The molecule has 1 amide bonds. The van der Waals surface area contributed by atoms with Gasteiger partial charge in [-0.25, -0.2) is 4.79 Å². The fourth-order valence-corrected chi connectivity index (χ4v) is 2.28. The second-order valence-corrected chi connectivity index (χ2v) is 7.33. The van der Waals surface area contributed by atoms with Crippen molar-refractivity contribution in [1.29, 1.82) is 0 Å². The fourth-order valence-electron chi connectivity index (χ4n) is 2.28. The first kappa shape index (κ1) is 19.3. The number of carbonyl (C=O) groups excluding carboxylic acids is 1. The smallest absolute Gasteiger partial charge is 0.360 e. The van der Waals surface area contributed by atoms with Crippen molar-refractivity contribution in [2.45, 2.75) is 40.5 Å². The molecule has 0 bridgehead atoms. The number of anilines is 1. The zero-order valence-corrected chi connectivity index (χ0v) is 15.2. The Morgan fingerprint density at radius 2 is 1.77 bits per heavy atom. The fraction of sp³-hybridized carbons (Fsp3) is 0.389. The van der Waals surface area contributed by atoms with Gasteiger partial charge in [-0.1, -0.05) is 39.8 Å². The van der Waals surface area contributed by atoms with Crippen LogP contribution in [-0.4, -0.2) is 32.4 Å². The number of carbonyl (C=O) groups is 2. The summed E-state index contributed by atoms with van der Waals surface area (Å²) in [4.78, 5) is 23.8. The predicted octanol–water partition coefficient (Wildman–Crippen LogP) is 3.56. The van der Waals surface area contributed by atoms with Gasteiger partial charge in [0.05, 0.1) is 5.56 Å². The van der Waals surface area contributed by atoms with Gasteiger partial charge < -0.3 is 25.2 Å². The molecular weight excluding hydrogens is 340 g/mol. The van der Waals surface area contributed by atoms with Gasteiger partial charge in [-0.3, -0.25) is 4.79 Å². The van der Waals surface area contributed by atoms with Crippen LogP contribution >= 0.6 is 0 Å². The van der Waals surface area contributed by atoms with Gasteiger partial charge in [0.1, 0.15) is 17.2 Å². The van der Waals surface area contributed by atoms with Gasteiger partial charge in [-0.2, -0.15) is 0 Å². The van der Waals surface area contributed by atoms with Gasteiger partial charge in [0.2, 0.25) is 11.6 Å². The Kier molecular flexibility index (Phi) is 4.97. The van der Waals surface area contributed by atoms with E-state index < -0.39 is 23.0 Å². The van der Waals surface area contributed by atoms with Crippen LogP contribution in [0, 0.1) is 5.41 Å². The van der Waals surface area contributed by atoms with E-state index in [4.69, 9.17) is 4.52 Å². The molecule has 0 atom stereocenters. The largest absolute Gasteiger partial charge is 0.508 e. The summed E-state index contributed by atoms with van der Waals surface area (Å²) in [6.45, 7) is 8.71. The third-order valence-electron chi connectivity index (χ3n) is 3.83. The van der Waals surface area contributed by atoms with Gasteiger partial charge in [0.15, 0.2) is 5.76 Å². The molecule has 0 aliphatic heterocycles. The minimum absolute atomic E-state index is 0.0659. The number of hydrogen-bond acceptors (Lipinski definition) is 6. The highest BCUT2D eigenvalue weighted by atomic mass is 16.5. The average Bonchev–Trinajstić information content (AvgIpc) is 2.89. The lowest BCUT2D eigenvalue weighted by molar-refractivity contribution is -0.123. The van der Waals surface area contributed by atoms with Crippen LogP contribution < -0.4 is 5.32 Å². The summed E-state index contributed by atoms with van der Waals surface area (Å²) in [7, 11) is 0. The quantitative estimate of drug-likeness (QED) is 0.653. The molecule has 8 nitrogen and oxygen atoms in total. The second-order valence-electron chi connectivity index (χ2n) is 7.33. The number of carboxylic acid groups (broad SMARTS) is 1. The molecule has 2 aromatic rings. The molecule has 140 valence electrons. The molecule has 26 heavy (non-hydrogen) atoms. The molecule has 0 aliphatic carbocycles. The SMILES string of the molecule is CC(C)c1cc(-c2onc(C(=O)O)c2NC(=O)C(C)(C)C)c(O)cc1O. The van der Waals surface area contributed by atoms with E-state index >= 15 is 0 Å². The summed E-state index contributed by atoms with van der Waals surface area (Å²) in [6, 6.07) is 2.62. The maximum atomic E-state index is 12.3. The van der Waals surface area contributed by atoms with Crippen LogP contribution in [0.5, 0.6) is 11.5 Å². The summed E-state index contributed by atoms with van der Waals surface area (Å²) in [6.07, 6.45) is 0. The monoisotopic (exact) mass is 362 g/mol. The number of aromatic nitrogens is 1. The minimum Gasteiger partial charge on any atom is -0.508 e. The standard InChI is InChI=1S/C18H22N2O6/c1-8(2)9-6-10(12(22)7-11(9)21)15-13(14(16(23)24)20-26-15)19-17(25)18(3,4)5/h6-8,21-22H,1-5H3,(H,19,25)(H,23,24). The first-order valence-electron chi connectivity index (χ1n) is 8.04. The Labute approximate surface area is 150 Å². The maximum Gasteiger partial charge on any atom is 0.360 e. The van der Waals surface area contributed by atoms with Crippen molar-refractivity contribution in [3.63, 3.8) is 0 Å². The summed E-state index contributed by atoms with van der Waals surface area (Å²) in [5.74, 6) is -2.41. The maximum absolute atomic E-state index is 12.3. The molecule has 1 heterocycles. The number of hydrogen-bond donors (Lipinski definition) is 4. The zero-order chi connectivity index (χ0) is 19.8. The lowest BCUT2D eigenvalue weighted by Crippen LogP contribution is -2.28. The highest BCUT2D eigenvalue weighted by Crippen LogP contribution is 2.42. The lowest BCUT2D eigenvalue weighted by Gasteiger charge is -2.18. The van der Waals surface area contributed by atoms with E-state index in [1.807, 2.05) is 13.8 Å².